The summed E-state index contributed by atoms with van der Waals surface area (Å²) < 4.78 is 39.6. The number of benzene rings is 2. The topological polar surface area (TPSA) is 21.7 Å². The molecule has 2 aromatic carbocycles. The van der Waals surface area contributed by atoms with E-state index in [2.05, 4.69) is 22.4 Å². The number of fused-ring (bicyclic) bond motifs is 2. The molecule has 3 atom stereocenters. The predicted octanol–water partition coefficient (Wildman–Crippen LogP) is 6.34. The highest BCUT2D eigenvalue weighted by molar-refractivity contribution is 7.09. The Hall–Kier alpha value is -2.12. The lowest BCUT2D eigenvalue weighted by Gasteiger charge is -2.40. The van der Waals surface area contributed by atoms with Gasteiger partial charge in [-0.15, -0.1) is 11.3 Å². The fourth-order valence-electron chi connectivity index (χ4n) is 5.26. The molecule has 0 spiro atoms. The molecule has 2 aliphatic heterocycles. The maximum absolute atomic E-state index is 13.5. The number of rotatable bonds is 9. The first kappa shape index (κ1) is 22.7. The van der Waals surface area contributed by atoms with Crippen molar-refractivity contribution >= 4 is 11.3 Å². The van der Waals surface area contributed by atoms with Crippen LogP contribution in [-0.2, 0) is 16.1 Å². The number of nitrogens with zero attached hydrogens (tertiary/aromatic N) is 1. The second kappa shape index (κ2) is 10.4. The molecule has 6 heteroatoms. The SMILES string of the molecule is Fc1ccc(C(OC2C[C@H]3CC[C@@H](C2)N3CCOCc2cccs2)c2ccc(F)cc2)cc1. The van der Waals surface area contributed by atoms with Crippen molar-refractivity contribution in [3.05, 3.63) is 93.7 Å². The molecule has 1 unspecified atom stereocenters. The van der Waals surface area contributed by atoms with Gasteiger partial charge in [0.15, 0.2) is 0 Å². The molecule has 0 amide bonds. The van der Waals surface area contributed by atoms with Gasteiger partial charge >= 0.3 is 0 Å². The van der Waals surface area contributed by atoms with E-state index in [1.807, 2.05) is 0 Å². The summed E-state index contributed by atoms with van der Waals surface area (Å²) in [5, 5.41) is 2.08. The van der Waals surface area contributed by atoms with Gasteiger partial charge in [-0.25, -0.2) is 8.78 Å². The van der Waals surface area contributed by atoms with Crippen LogP contribution < -0.4 is 0 Å². The van der Waals surface area contributed by atoms with Crippen LogP contribution in [0.15, 0.2) is 66.0 Å². The largest absolute Gasteiger partial charge is 0.375 e. The standard InChI is InChI=1S/C27H29F2NO2S/c28-21-7-3-19(4-8-21)27(20-5-9-22(29)10-6-20)32-25-16-23-11-12-24(17-25)30(23)13-14-31-18-26-2-1-15-33-26/h1-10,15,23-25,27H,11-14,16-18H2/t23-,24+,25?. The molecule has 174 valence electrons. The van der Waals surface area contributed by atoms with E-state index in [1.54, 1.807) is 35.6 Å². The molecule has 2 saturated heterocycles. The summed E-state index contributed by atoms with van der Waals surface area (Å²) in [6, 6.07) is 18.0. The lowest BCUT2D eigenvalue weighted by Crippen LogP contribution is -2.47. The Morgan fingerprint density at radius 3 is 2.03 bits per heavy atom. The molecule has 1 aromatic heterocycles. The summed E-state index contributed by atoms with van der Waals surface area (Å²) in [4.78, 5) is 3.86. The first-order chi connectivity index (χ1) is 16.2. The Morgan fingerprint density at radius 1 is 0.879 bits per heavy atom. The zero-order chi connectivity index (χ0) is 22.6. The molecule has 3 nitrogen and oxygen atoms in total. The normalized spacial score (nSPS) is 22.8. The third kappa shape index (κ3) is 5.52. The van der Waals surface area contributed by atoms with Crippen molar-refractivity contribution in [2.24, 2.45) is 0 Å². The number of ether oxygens (including phenoxy) is 2. The van der Waals surface area contributed by atoms with Gasteiger partial charge in [-0.2, -0.15) is 0 Å². The summed E-state index contributed by atoms with van der Waals surface area (Å²) >= 11 is 1.73. The zero-order valence-electron chi connectivity index (χ0n) is 18.5. The molecule has 2 fully saturated rings. The molecule has 3 heterocycles. The van der Waals surface area contributed by atoms with Crippen LogP contribution in [0.25, 0.3) is 0 Å². The van der Waals surface area contributed by atoms with Crippen molar-refractivity contribution < 1.29 is 18.3 Å². The second-order valence-corrected chi connectivity index (χ2v) is 10.00. The third-order valence-electron chi connectivity index (χ3n) is 6.83. The van der Waals surface area contributed by atoms with Crippen LogP contribution >= 0.6 is 11.3 Å². The van der Waals surface area contributed by atoms with E-state index in [-0.39, 0.29) is 23.8 Å². The Morgan fingerprint density at radius 2 is 1.48 bits per heavy atom. The van der Waals surface area contributed by atoms with Gasteiger partial charge in [-0.1, -0.05) is 30.3 Å². The Labute approximate surface area is 198 Å². The minimum Gasteiger partial charge on any atom is -0.375 e. The van der Waals surface area contributed by atoms with Crippen molar-refractivity contribution in [2.45, 2.75) is 56.6 Å². The van der Waals surface area contributed by atoms with E-state index in [0.717, 1.165) is 37.1 Å². The monoisotopic (exact) mass is 469 g/mol. The van der Waals surface area contributed by atoms with E-state index >= 15 is 0 Å². The van der Waals surface area contributed by atoms with E-state index in [1.165, 1.54) is 42.0 Å². The van der Waals surface area contributed by atoms with Crippen LogP contribution in [0.5, 0.6) is 0 Å². The number of halogens is 2. The highest BCUT2D eigenvalue weighted by atomic mass is 32.1. The summed E-state index contributed by atoms with van der Waals surface area (Å²) in [5.74, 6) is -0.548. The van der Waals surface area contributed by atoms with E-state index < -0.39 is 0 Å². The van der Waals surface area contributed by atoms with Crippen LogP contribution in [0.1, 0.15) is 47.8 Å². The highest BCUT2D eigenvalue weighted by Gasteiger charge is 2.41. The lowest BCUT2D eigenvalue weighted by molar-refractivity contribution is -0.0532. The minimum absolute atomic E-state index is 0.117. The molecule has 2 aliphatic rings. The predicted molar refractivity (Wildman–Crippen MR) is 126 cm³/mol. The molecule has 5 rings (SSSR count). The van der Waals surface area contributed by atoms with Gasteiger partial charge in [0.05, 0.1) is 19.3 Å². The third-order valence-corrected chi connectivity index (χ3v) is 7.68. The number of hydrogen-bond acceptors (Lipinski definition) is 4. The maximum atomic E-state index is 13.5. The molecule has 0 N–H and O–H groups in total. The van der Waals surface area contributed by atoms with Crippen molar-refractivity contribution in [3.8, 4) is 0 Å². The minimum atomic E-state index is -0.337. The first-order valence-corrected chi connectivity index (χ1v) is 12.6. The molecule has 2 bridgehead atoms. The average Bonchev–Trinajstić information content (AvgIpc) is 3.42. The lowest BCUT2D eigenvalue weighted by atomic mass is 9.97. The van der Waals surface area contributed by atoms with Crippen LogP contribution in [0.2, 0.25) is 0 Å². The van der Waals surface area contributed by atoms with Gasteiger partial charge in [-0.3, -0.25) is 4.90 Å². The van der Waals surface area contributed by atoms with E-state index in [0.29, 0.717) is 18.7 Å². The fraction of sp³-hybridized carbons (Fsp3) is 0.407. The number of piperidine rings is 1. The van der Waals surface area contributed by atoms with Gasteiger partial charge in [0, 0.05) is 23.5 Å². The first-order valence-electron chi connectivity index (χ1n) is 11.7. The Balaban J connectivity index is 1.22. The highest BCUT2D eigenvalue weighted by Crippen LogP contribution is 2.39. The maximum Gasteiger partial charge on any atom is 0.123 e. The number of hydrogen-bond donors (Lipinski definition) is 0. The van der Waals surface area contributed by atoms with Crippen molar-refractivity contribution in [1.82, 2.24) is 4.90 Å². The summed E-state index contributed by atoms with van der Waals surface area (Å²) in [6.07, 6.45) is 4.10. The van der Waals surface area contributed by atoms with Gasteiger partial charge in [0.2, 0.25) is 0 Å². The zero-order valence-corrected chi connectivity index (χ0v) is 19.4. The van der Waals surface area contributed by atoms with Crippen molar-refractivity contribution in [3.63, 3.8) is 0 Å². The molecule has 33 heavy (non-hydrogen) atoms. The van der Waals surface area contributed by atoms with Crippen LogP contribution in [-0.4, -0.2) is 36.2 Å². The molecule has 3 aromatic rings. The molecular weight excluding hydrogens is 440 g/mol. The quantitative estimate of drug-likeness (QED) is 0.341. The molecular formula is C27H29F2NO2S. The second-order valence-electron chi connectivity index (χ2n) is 8.97. The van der Waals surface area contributed by atoms with E-state index in [4.69, 9.17) is 9.47 Å². The average molecular weight is 470 g/mol. The summed E-state index contributed by atoms with van der Waals surface area (Å²) in [7, 11) is 0. The Bertz CT molecular complexity index is 950. The molecule has 0 aliphatic carbocycles. The van der Waals surface area contributed by atoms with Gasteiger partial charge in [0.25, 0.3) is 0 Å². The van der Waals surface area contributed by atoms with Crippen LogP contribution in [0.3, 0.4) is 0 Å². The van der Waals surface area contributed by atoms with Crippen LogP contribution in [0, 0.1) is 11.6 Å². The van der Waals surface area contributed by atoms with Gasteiger partial charge < -0.3 is 9.47 Å². The van der Waals surface area contributed by atoms with Crippen LogP contribution in [0.4, 0.5) is 8.78 Å². The molecule has 0 saturated carbocycles. The smallest absolute Gasteiger partial charge is 0.123 e. The summed E-state index contributed by atoms with van der Waals surface area (Å²) in [6.45, 7) is 2.38. The van der Waals surface area contributed by atoms with Gasteiger partial charge in [0.1, 0.15) is 17.7 Å². The molecule has 0 radical (unpaired) electrons. The van der Waals surface area contributed by atoms with Gasteiger partial charge in [-0.05, 0) is 72.5 Å². The Kier molecular flexibility index (Phi) is 7.16. The summed E-state index contributed by atoms with van der Waals surface area (Å²) in [5.41, 5.74) is 1.78. The van der Waals surface area contributed by atoms with E-state index in [9.17, 15) is 8.78 Å². The van der Waals surface area contributed by atoms with Crippen molar-refractivity contribution in [1.29, 1.82) is 0 Å². The van der Waals surface area contributed by atoms with Crippen molar-refractivity contribution in [2.75, 3.05) is 13.2 Å². The number of thiophene rings is 1. The fourth-order valence-corrected chi connectivity index (χ4v) is 5.90.